The van der Waals surface area contributed by atoms with Crippen molar-refractivity contribution in [1.29, 1.82) is 0 Å². The lowest BCUT2D eigenvalue weighted by molar-refractivity contribution is 0.0141. The third-order valence-corrected chi connectivity index (χ3v) is 3.18. The van der Waals surface area contributed by atoms with Crippen molar-refractivity contribution in [1.82, 2.24) is 10.3 Å². The van der Waals surface area contributed by atoms with Crippen molar-refractivity contribution in [2.45, 2.75) is 46.1 Å². The van der Waals surface area contributed by atoms with Gasteiger partial charge in [-0.15, -0.1) is 0 Å². The van der Waals surface area contributed by atoms with E-state index in [9.17, 15) is 9.90 Å². The standard InChI is InChI=1S/C13H22N2O3/c1-8(2)11-10(15-7-18-11)12(16)14-6-13(5,17)9(3)4/h7-9,17H,6H2,1-5H3,(H,14,16)/t13-/m0/s1. The Morgan fingerprint density at radius 1 is 1.50 bits per heavy atom. The summed E-state index contributed by atoms with van der Waals surface area (Å²) >= 11 is 0. The van der Waals surface area contributed by atoms with Crippen LogP contribution in [0.5, 0.6) is 0 Å². The Morgan fingerprint density at radius 2 is 2.11 bits per heavy atom. The minimum Gasteiger partial charge on any atom is -0.447 e. The van der Waals surface area contributed by atoms with E-state index in [0.29, 0.717) is 11.5 Å². The summed E-state index contributed by atoms with van der Waals surface area (Å²) in [5, 5.41) is 12.7. The molecule has 0 unspecified atom stereocenters. The van der Waals surface area contributed by atoms with Gasteiger partial charge in [0.15, 0.2) is 12.1 Å². The van der Waals surface area contributed by atoms with E-state index in [0.717, 1.165) is 0 Å². The highest BCUT2D eigenvalue weighted by molar-refractivity contribution is 5.93. The van der Waals surface area contributed by atoms with E-state index >= 15 is 0 Å². The van der Waals surface area contributed by atoms with Gasteiger partial charge in [-0.25, -0.2) is 4.98 Å². The van der Waals surface area contributed by atoms with Gasteiger partial charge in [0.2, 0.25) is 0 Å². The van der Waals surface area contributed by atoms with Crippen LogP contribution in [0.2, 0.25) is 0 Å². The van der Waals surface area contributed by atoms with Gasteiger partial charge in [0, 0.05) is 12.5 Å². The predicted octanol–water partition coefficient (Wildman–Crippen LogP) is 1.93. The number of hydrogen-bond acceptors (Lipinski definition) is 4. The van der Waals surface area contributed by atoms with Crippen LogP contribution >= 0.6 is 0 Å². The van der Waals surface area contributed by atoms with E-state index in [1.54, 1.807) is 6.92 Å². The Balaban J connectivity index is 2.69. The van der Waals surface area contributed by atoms with E-state index < -0.39 is 5.60 Å². The first-order valence-corrected chi connectivity index (χ1v) is 6.19. The van der Waals surface area contributed by atoms with Gasteiger partial charge in [-0.2, -0.15) is 0 Å². The lowest BCUT2D eigenvalue weighted by Crippen LogP contribution is -2.44. The van der Waals surface area contributed by atoms with Crippen LogP contribution in [0.4, 0.5) is 0 Å². The number of hydrogen-bond donors (Lipinski definition) is 2. The molecule has 0 aliphatic rings. The molecule has 1 heterocycles. The van der Waals surface area contributed by atoms with Crippen molar-refractivity contribution in [2.75, 3.05) is 6.54 Å². The SMILES string of the molecule is CC(C)c1ocnc1C(=O)NC[C@](C)(O)C(C)C. The maximum Gasteiger partial charge on any atom is 0.273 e. The zero-order valence-corrected chi connectivity index (χ0v) is 11.7. The van der Waals surface area contributed by atoms with E-state index in [1.165, 1.54) is 6.39 Å². The number of oxazole rings is 1. The van der Waals surface area contributed by atoms with Gasteiger partial charge in [-0.1, -0.05) is 27.7 Å². The molecule has 5 nitrogen and oxygen atoms in total. The number of carbonyl (C=O) groups is 1. The van der Waals surface area contributed by atoms with Gasteiger partial charge in [0.25, 0.3) is 5.91 Å². The molecular formula is C13H22N2O3. The summed E-state index contributed by atoms with van der Waals surface area (Å²) in [6.45, 7) is 9.56. The third kappa shape index (κ3) is 3.32. The molecule has 0 saturated heterocycles. The second kappa shape index (κ2) is 5.52. The maximum absolute atomic E-state index is 12.0. The molecule has 1 aromatic heterocycles. The van der Waals surface area contributed by atoms with Crippen LogP contribution < -0.4 is 5.32 Å². The van der Waals surface area contributed by atoms with E-state index in [-0.39, 0.29) is 24.3 Å². The van der Waals surface area contributed by atoms with Crippen LogP contribution in [0, 0.1) is 5.92 Å². The fourth-order valence-corrected chi connectivity index (χ4v) is 1.38. The highest BCUT2D eigenvalue weighted by atomic mass is 16.3. The van der Waals surface area contributed by atoms with Crippen LogP contribution in [0.25, 0.3) is 0 Å². The number of aliphatic hydroxyl groups is 1. The predicted molar refractivity (Wildman–Crippen MR) is 68.4 cm³/mol. The van der Waals surface area contributed by atoms with Crippen LogP contribution in [0.1, 0.15) is 56.8 Å². The number of rotatable bonds is 5. The first kappa shape index (κ1) is 14.7. The first-order chi connectivity index (χ1) is 8.25. The van der Waals surface area contributed by atoms with Crippen molar-refractivity contribution < 1.29 is 14.3 Å². The normalized spacial score (nSPS) is 14.9. The van der Waals surface area contributed by atoms with E-state index in [2.05, 4.69) is 10.3 Å². The average molecular weight is 254 g/mol. The summed E-state index contributed by atoms with van der Waals surface area (Å²) in [5.74, 6) is 0.406. The van der Waals surface area contributed by atoms with Crippen molar-refractivity contribution in [2.24, 2.45) is 5.92 Å². The highest BCUT2D eigenvalue weighted by Gasteiger charge is 2.27. The van der Waals surface area contributed by atoms with Gasteiger partial charge in [0.05, 0.1) is 5.60 Å². The summed E-state index contributed by atoms with van der Waals surface area (Å²) in [6.07, 6.45) is 1.27. The molecule has 0 fully saturated rings. The Kier molecular flexibility index (Phi) is 4.51. The molecule has 0 aromatic carbocycles. The lowest BCUT2D eigenvalue weighted by atomic mass is 9.92. The number of nitrogens with zero attached hydrogens (tertiary/aromatic N) is 1. The average Bonchev–Trinajstić information content (AvgIpc) is 2.74. The number of nitrogens with one attached hydrogen (secondary N) is 1. The molecule has 1 atom stereocenters. The smallest absolute Gasteiger partial charge is 0.273 e. The molecule has 1 rings (SSSR count). The zero-order valence-electron chi connectivity index (χ0n) is 11.7. The third-order valence-electron chi connectivity index (χ3n) is 3.18. The minimum absolute atomic E-state index is 0.0553. The van der Waals surface area contributed by atoms with Crippen LogP contribution in [-0.4, -0.2) is 28.1 Å². The fraction of sp³-hybridized carbons (Fsp3) is 0.692. The van der Waals surface area contributed by atoms with E-state index in [4.69, 9.17) is 4.42 Å². The first-order valence-electron chi connectivity index (χ1n) is 6.19. The number of amides is 1. The molecule has 18 heavy (non-hydrogen) atoms. The number of aromatic nitrogens is 1. The molecule has 1 aromatic rings. The van der Waals surface area contributed by atoms with Gasteiger partial charge in [0.1, 0.15) is 5.76 Å². The van der Waals surface area contributed by atoms with Crippen molar-refractivity contribution in [3.05, 3.63) is 17.8 Å². The number of carbonyl (C=O) groups excluding carboxylic acids is 1. The molecule has 5 heteroatoms. The van der Waals surface area contributed by atoms with Gasteiger partial charge in [-0.05, 0) is 12.8 Å². The molecule has 0 spiro atoms. The monoisotopic (exact) mass is 254 g/mol. The summed E-state index contributed by atoms with van der Waals surface area (Å²) in [5.41, 5.74) is -0.637. The molecular weight excluding hydrogens is 232 g/mol. The van der Waals surface area contributed by atoms with Gasteiger partial charge < -0.3 is 14.8 Å². The quantitative estimate of drug-likeness (QED) is 0.842. The van der Waals surface area contributed by atoms with Gasteiger partial charge in [-0.3, -0.25) is 4.79 Å². The van der Waals surface area contributed by atoms with Crippen molar-refractivity contribution in [3.63, 3.8) is 0 Å². The van der Waals surface area contributed by atoms with Crippen LogP contribution in [0.3, 0.4) is 0 Å². The summed E-state index contributed by atoms with van der Waals surface area (Å²) in [6, 6.07) is 0. The second-order valence-electron chi connectivity index (χ2n) is 5.41. The molecule has 1 amide bonds. The lowest BCUT2D eigenvalue weighted by Gasteiger charge is -2.27. The van der Waals surface area contributed by atoms with Crippen LogP contribution in [-0.2, 0) is 0 Å². The summed E-state index contributed by atoms with van der Waals surface area (Å²) < 4.78 is 5.19. The molecule has 2 N–H and O–H groups in total. The molecule has 0 bridgehead atoms. The Labute approximate surface area is 108 Å². The largest absolute Gasteiger partial charge is 0.447 e. The van der Waals surface area contributed by atoms with E-state index in [1.807, 2.05) is 27.7 Å². The van der Waals surface area contributed by atoms with Crippen LogP contribution in [0.15, 0.2) is 10.8 Å². The highest BCUT2D eigenvalue weighted by Crippen LogP contribution is 2.19. The Morgan fingerprint density at radius 3 is 2.61 bits per heavy atom. The Hall–Kier alpha value is -1.36. The minimum atomic E-state index is -0.933. The molecule has 0 aliphatic heterocycles. The molecule has 0 saturated carbocycles. The van der Waals surface area contributed by atoms with Crippen molar-refractivity contribution in [3.8, 4) is 0 Å². The van der Waals surface area contributed by atoms with Gasteiger partial charge >= 0.3 is 0 Å². The topological polar surface area (TPSA) is 75.4 Å². The Bertz CT molecular complexity index is 408. The maximum atomic E-state index is 12.0. The summed E-state index contributed by atoms with van der Waals surface area (Å²) in [7, 11) is 0. The second-order valence-corrected chi connectivity index (χ2v) is 5.41. The zero-order chi connectivity index (χ0) is 13.9. The molecule has 0 radical (unpaired) electrons. The molecule has 0 aliphatic carbocycles. The summed E-state index contributed by atoms with van der Waals surface area (Å²) in [4.78, 5) is 15.9. The van der Waals surface area contributed by atoms with Crippen molar-refractivity contribution >= 4 is 5.91 Å². The fourth-order valence-electron chi connectivity index (χ4n) is 1.38. The molecule has 102 valence electrons.